The van der Waals surface area contributed by atoms with Crippen LogP contribution in [-0.2, 0) is 21.4 Å². The fourth-order valence-corrected chi connectivity index (χ4v) is 5.10. The van der Waals surface area contributed by atoms with Crippen LogP contribution in [0.15, 0.2) is 4.90 Å². The highest BCUT2D eigenvalue weighted by Crippen LogP contribution is 2.26. The fraction of sp³-hybridized carbons (Fsp3) is 0.765. The molecule has 2 heterocycles. The Balaban J connectivity index is 2.21. The summed E-state index contributed by atoms with van der Waals surface area (Å²) in [6.45, 7) is 7.41. The molecule has 0 bridgehead atoms. The molecule has 0 saturated carbocycles. The van der Waals surface area contributed by atoms with Crippen LogP contribution >= 0.6 is 0 Å². The van der Waals surface area contributed by atoms with Crippen LogP contribution in [0.1, 0.15) is 50.4 Å². The van der Waals surface area contributed by atoms with Gasteiger partial charge in [-0.15, -0.1) is 0 Å². The lowest BCUT2D eigenvalue weighted by Crippen LogP contribution is -2.36. The molecule has 0 unspecified atom stereocenters. The van der Waals surface area contributed by atoms with Crippen LogP contribution in [-0.4, -0.2) is 60.0 Å². The molecule has 1 saturated heterocycles. The van der Waals surface area contributed by atoms with E-state index in [4.69, 9.17) is 0 Å². The minimum absolute atomic E-state index is 0.0547. The Labute approximate surface area is 151 Å². The number of amides is 1. The standard InChI is InChI=1S/C17H30N4O3S/c1-5-6-10-19(4)16(22)13-21-15(3)17(14(2)18-21)25(23,24)20-11-8-7-9-12-20/h5-13H2,1-4H3. The van der Waals surface area contributed by atoms with Gasteiger partial charge in [0.05, 0.1) is 11.4 Å². The predicted molar refractivity (Wildman–Crippen MR) is 96.9 cm³/mol. The third-order valence-corrected chi connectivity index (χ3v) is 6.94. The molecular formula is C17H30N4O3S. The topological polar surface area (TPSA) is 75.5 Å². The number of aryl methyl sites for hydroxylation is 1. The first-order valence-corrected chi connectivity index (χ1v) is 10.5. The Bertz CT molecular complexity index is 706. The molecule has 1 aliphatic heterocycles. The van der Waals surface area contributed by atoms with Crippen LogP contribution in [0.3, 0.4) is 0 Å². The van der Waals surface area contributed by atoms with Crippen molar-refractivity contribution in [1.29, 1.82) is 0 Å². The first-order valence-electron chi connectivity index (χ1n) is 9.07. The van der Waals surface area contributed by atoms with E-state index in [1.807, 2.05) is 0 Å². The van der Waals surface area contributed by atoms with E-state index in [1.54, 1.807) is 30.1 Å². The van der Waals surface area contributed by atoms with E-state index in [0.717, 1.165) is 32.1 Å². The summed E-state index contributed by atoms with van der Waals surface area (Å²) in [5.74, 6) is -0.0547. The first kappa shape index (κ1) is 19.9. The van der Waals surface area contributed by atoms with E-state index in [2.05, 4.69) is 12.0 Å². The van der Waals surface area contributed by atoms with Crippen molar-refractivity contribution in [2.24, 2.45) is 0 Å². The maximum Gasteiger partial charge on any atom is 0.246 e. The van der Waals surface area contributed by atoms with Crippen LogP contribution in [0.2, 0.25) is 0 Å². The number of hydrogen-bond acceptors (Lipinski definition) is 4. The van der Waals surface area contributed by atoms with Crippen LogP contribution < -0.4 is 0 Å². The Morgan fingerprint density at radius 2 is 1.84 bits per heavy atom. The number of piperidine rings is 1. The van der Waals surface area contributed by atoms with Crippen molar-refractivity contribution in [3.05, 3.63) is 11.4 Å². The SMILES string of the molecule is CCCCN(C)C(=O)Cn1nc(C)c(S(=O)(=O)N2CCCCC2)c1C. The van der Waals surface area contributed by atoms with E-state index in [9.17, 15) is 13.2 Å². The van der Waals surface area contributed by atoms with Gasteiger partial charge < -0.3 is 4.90 Å². The third kappa shape index (κ3) is 4.41. The maximum atomic E-state index is 13.0. The molecule has 8 heteroatoms. The highest BCUT2D eigenvalue weighted by molar-refractivity contribution is 7.89. The molecule has 1 amide bonds. The number of aromatic nitrogens is 2. The second kappa shape index (κ2) is 8.31. The van der Waals surface area contributed by atoms with Crippen molar-refractivity contribution in [2.45, 2.75) is 64.3 Å². The van der Waals surface area contributed by atoms with Crippen LogP contribution in [0.25, 0.3) is 0 Å². The molecular weight excluding hydrogens is 340 g/mol. The van der Waals surface area contributed by atoms with Gasteiger partial charge in [0, 0.05) is 26.7 Å². The summed E-state index contributed by atoms with van der Waals surface area (Å²) in [5.41, 5.74) is 1.01. The molecule has 142 valence electrons. The molecule has 7 nitrogen and oxygen atoms in total. The van der Waals surface area contributed by atoms with Crippen molar-refractivity contribution < 1.29 is 13.2 Å². The molecule has 0 atom stereocenters. The van der Waals surface area contributed by atoms with Crippen molar-refractivity contribution >= 4 is 15.9 Å². The Kier molecular flexibility index (Phi) is 6.62. The summed E-state index contributed by atoms with van der Waals surface area (Å²) < 4.78 is 29.0. The van der Waals surface area contributed by atoms with Crippen LogP contribution in [0.5, 0.6) is 0 Å². The van der Waals surface area contributed by atoms with Crippen molar-refractivity contribution in [3.8, 4) is 0 Å². The number of likely N-dealkylation sites (N-methyl/N-ethyl adjacent to an activating group) is 1. The summed E-state index contributed by atoms with van der Waals surface area (Å²) in [4.78, 5) is 14.3. The molecule has 0 aromatic carbocycles. The first-order chi connectivity index (χ1) is 11.8. The van der Waals surface area contributed by atoms with Crippen LogP contribution in [0, 0.1) is 13.8 Å². The lowest BCUT2D eigenvalue weighted by Gasteiger charge is -2.26. The van der Waals surface area contributed by atoms with Crippen LogP contribution in [0.4, 0.5) is 0 Å². The zero-order valence-electron chi connectivity index (χ0n) is 15.8. The van der Waals surface area contributed by atoms with Gasteiger partial charge in [-0.1, -0.05) is 19.8 Å². The molecule has 1 aromatic heterocycles. The minimum Gasteiger partial charge on any atom is -0.344 e. The van der Waals surface area contributed by atoms with Crippen molar-refractivity contribution in [1.82, 2.24) is 19.0 Å². The molecule has 0 radical (unpaired) electrons. The summed E-state index contributed by atoms with van der Waals surface area (Å²) >= 11 is 0. The average Bonchev–Trinajstić information content (AvgIpc) is 2.87. The molecule has 0 aliphatic carbocycles. The third-order valence-electron chi connectivity index (χ3n) is 4.79. The number of sulfonamides is 1. The second-order valence-electron chi connectivity index (χ2n) is 6.79. The summed E-state index contributed by atoms with van der Waals surface area (Å²) in [6, 6.07) is 0. The lowest BCUT2D eigenvalue weighted by atomic mass is 10.2. The predicted octanol–water partition coefficient (Wildman–Crippen LogP) is 1.93. The minimum atomic E-state index is -3.55. The van der Waals surface area contributed by atoms with E-state index in [-0.39, 0.29) is 17.3 Å². The molecule has 1 fully saturated rings. The Morgan fingerprint density at radius 1 is 1.20 bits per heavy atom. The highest BCUT2D eigenvalue weighted by Gasteiger charge is 2.32. The van der Waals surface area contributed by atoms with Gasteiger partial charge in [0.1, 0.15) is 11.4 Å². The maximum absolute atomic E-state index is 13.0. The normalized spacial score (nSPS) is 16.2. The summed E-state index contributed by atoms with van der Waals surface area (Å²) in [7, 11) is -1.77. The monoisotopic (exact) mass is 370 g/mol. The number of hydrogen-bond donors (Lipinski definition) is 0. The van der Waals surface area contributed by atoms with Gasteiger partial charge in [-0.25, -0.2) is 8.42 Å². The lowest BCUT2D eigenvalue weighted by molar-refractivity contribution is -0.130. The number of carbonyl (C=O) groups is 1. The Hall–Kier alpha value is -1.41. The van der Waals surface area contributed by atoms with Gasteiger partial charge in [0.25, 0.3) is 0 Å². The number of unbranched alkanes of at least 4 members (excludes halogenated alkanes) is 1. The zero-order valence-corrected chi connectivity index (χ0v) is 16.6. The van der Waals surface area contributed by atoms with Gasteiger partial charge in [0.2, 0.25) is 15.9 Å². The summed E-state index contributed by atoms with van der Waals surface area (Å²) in [5, 5.41) is 4.34. The summed E-state index contributed by atoms with van der Waals surface area (Å²) in [6.07, 6.45) is 4.84. The van der Waals surface area contributed by atoms with Gasteiger partial charge in [-0.2, -0.15) is 9.40 Å². The second-order valence-corrected chi connectivity index (χ2v) is 8.67. The van der Waals surface area contributed by atoms with E-state index >= 15 is 0 Å². The van der Waals surface area contributed by atoms with Gasteiger partial charge in [0.15, 0.2) is 0 Å². The van der Waals surface area contributed by atoms with Gasteiger partial charge in [-0.05, 0) is 33.1 Å². The average molecular weight is 371 g/mol. The Morgan fingerprint density at radius 3 is 2.44 bits per heavy atom. The zero-order chi connectivity index (χ0) is 18.6. The van der Waals surface area contributed by atoms with E-state index in [0.29, 0.717) is 31.0 Å². The van der Waals surface area contributed by atoms with Crippen molar-refractivity contribution in [3.63, 3.8) is 0 Å². The highest BCUT2D eigenvalue weighted by atomic mass is 32.2. The molecule has 25 heavy (non-hydrogen) atoms. The molecule has 1 aliphatic rings. The fourth-order valence-electron chi connectivity index (χ4n) is 3.21. The molecule has 0 N–H and O–H groups in total. The van der Waals surface area contributed by atoms with Gasteiger partial charge >= 0.3 is 0 Å². The molecule has 1 aromatic rings. The number of carbonyl (C=O) groups excluding carboxylic acids is 1. The number of rotatable bonds is 7. The smallest absolute Gasteiger partial charge is 0.246 e. The van der Waals surface area contributed by atoms with E-state index in [1.165, 1.54) is 4.68 Å². The number of nitrogens with zero attached hydrogens (tertiary/aromatic N) is 4. The quantitative estimate of drug-likeness (QED) is 0.735. The molecule has 0 spiro atoms. The van der Waals surface area contributed by atoms with E-state index < -0.39 is 10.0 Å². The van der Waals surface area contributed by atoms with Gasteiger partial charge in [-0.3, -0.25) is 9.48 Å². The molecule has 2 rings (SSSR count). The van der Waals surface area contributed by atoms with Crippen molar-refractivity contribution in [2.75, 3.05) is 26.7 Å². The largest absolute Gasteiger partial charge is 0.344 e.